The van der Waals surface area contributed by atoms with Crippen LogP contribution in [0.3, 0.4) is 0 Å². The van der Waals surface area contributed by atoms with Gasteiger partial charge in [0.1, 0.15) is 17.1 Å². The Labute approximate surface area is 191 Å². The molecule has 0 atom stereocenters. The molecule has 5 aromatic rings. The summed E-state index contributed by atoms with van der Waals surface area (Å²) in [7, 11) is 0. The number of hydrogen-bond donors (Lipinski definition) is 1. The average Bonchev–Trinajstić information content (AvgIpc) is 3.02. The Kier molecular flexibility index (Phi) is 5.76. The monoisotopic (exact) mass is 462 g/mol. The number of rotatable bonds is 1. The van der Waals surface area contributed by atoms with Crippen LogP contribution in [0.2, 0.25) is 0 Å². The van der Waals surface area contributed by atoms with Crippen LogP contribution < -0.4 is 5.43 Å². The molecule has 137 valence electrons. The molecule has 0 saturated heterocycles. The van der Waals surface area contributed by atoms with Gasteiger partial charge in [-0.1, -0.05) is 30.3 Å². The number of phenolic OH excluding ortho intramolecular Hbond substituents is 1. The fourth-order valence-corrected chi connectivity index (χ4v) is 4.78. The van der Waals surface area contributed by atoms with E-state index in [1.807, 2.05) is 36.4 Å². The van der Waals surface area contributed by atoms with E-state index in [9.17, 15) is 9.90 Å². The fraction of sp³-hybridized carbons (Fsp3) is 0.0435. The van der Waals surface area contributed by atoms with Crippen LogP contribution in [-0.2, 0) is 32.7 Å². The summed E-state index contributed by atoms with van der Waals surface area (Å²) >= 11 is 1.63. The second-order valence-corrected chi connectivity index (χ2v) is 7.39. The number of para-hydroxylation sites is 1. The first kappa shape index (κ1) is 20.7. The summed E-state index contributed by atoms with van der Waals surface area (Å²) in [6.45, 7) is 1.78. The summed E-state index contributed by atoms with van der Waals surface area (Å²) in [5, 5.41) is 12.9. The largest absolute Gasteiger partial charge is 0.507 e. The molecule has 0 unspecified atom stereocenters. The van der Waals surface area contributed by atoms with Crippen molar-refractivity contribution in [3.63, 3.8) is 0 Å². The molecular weight excluding hydrogens is 445 g/mol. The topological polar surface area (TPSA) is 50.4 Å². The molecule has 5 heteroatoms. The number of hydrogen-bond acceptors (Lipinski definition) is 4. The van der Waals surface area contributed by atoms with Crippen molar-refractivity contribution in [1.82, 2.24) is 0 Å². The molecule has 28 heavy (non-hydrogen) atoms. The van der Waals surface area contributed by atoms with E-state index in [1.54, 1.807) is 30.4 Å². The third-order valence-electron chi connectivity index (χ3n) is 4.67. The number of fused-ring (bicyclic) bond motifs is 4. The molecule has 2 heterocycles. The molecular formula is C23H17O3SY-. The Morgan fingerprint density at radius 2 is 1.68 bits per heavy atom. The fourth-order valence-electron chi connectivity index (χ4n) is 3.53. The molecule has 0 aliphatic carbocycles. The summed E-state index contributed by atoms with van der Waals surface area (Å²) in [5.41, 5.74) is 2.36. The maximum Gasteiger partial charge on any atom is 0.192 e. The van der Waals surface area contributed by atoms with E-state index in [-0.39, 0.29) is 51.3 Å². The van der Waals surface area contributed by atoms with Gasteiger partial charge >= 0.3 is 0 Å². The van der Waals surface area contributed by atoms with Gasteiger partial charge in [-0.25, -0.2) is 0 Å². The van der Waals surface area contributed by atoms with Crippen LogP contribution in [0.15, 0.2) is 69.9 Å². The molecule has 0 aliphatic heterocycles. The van der Waals surface area contributed by atoms with Crippen LogP contribution in [0.5, 0.6) is 5.75 Å². The minimum absolute atomic E-state index is 0. The first-order chi connectivity index (χ1) is 12.6. The first-order valence-corrected chi connectivity index (χ1v) is 9.12. The van der Waals surface area contributed by atoms with E-state index < -0.39 is 0 Å². The van der Waals surface area contributed by atoms with E-state index in [1.165, 1.54) is 6.07 Å². The Morgan fingerprint density at radius 3 is 2.50 bits per heavy atom. The third kappa shape index (κ3) is 3.10. The smallest absolute Gasteiger partial charge is 0.192 e. The number of aromatic hydroxyl groups is 1. The van der Waals surface area contributed by atoms with E-state index in [0.29, 0.717) is 16.7 Å². The SMILES string of the molecule is Cc1cc(=O)c2cccc(-c3ccc(O)c4c3sc3ccccc34)c2o1.[CH3-].[Y]. The minimum atomic E-state index is -0.0445. The molecule has 1 N–H and O–H groups in total. The Hall–Kier alpha value is -2.01. The summed E-state index contributed by atoms with van der Waals surface area (Å²) in [6.07, 6.45) is 0. The average molecular weight is 462 g/mol. The van der Waals surface area contributed by atoms with E-state index in [2.05, 4.69) is 6.07 Å². The maximum absolute atomic E-state index is 12.3. The van der Waals surface area contributed by atoms with Gasteiger partial charge in [-0.2, -0.15) is 0 Å². The van der Waals surface area contributed by atoms with Crippen molar-refractivity contribution in [1.29, 1.82) is 0 Å². The Bertz CT molecular complexity index is 1380. The Balaban J connectivity index is 0.00000112. The molecule has 0 fully saturated rings. The number of thiophene rings is 1. The third-order valence-corrected chi connectivity index (χ3v) is 5.88. The molecule has 3 aromatic carbocycles. The molecule has 0 spiro atoms. The normalized spacial score (nSPS) is 10.8. The van der Waals surface area contributed by atoms with Gasteiger partial charge in [-0.15, -0.1) is 11.3 Å². The summed E-state index contributed by atoms with van der Waals surface area (Å²) in [4.78, 5) is 12.3. The van der Waals surface area contributed by atoms with Crippen LogP contribution in [0.25, 0.3) is 42.3 Å². The molecule has 2 aromatic heterocycles. The van der Waals surface area contributed by atoms with Crippen molar-refractivity contribution >= 4 is 42.5 Å². The van der Waals surface area contributed by atoms with E-state index in [4.69, 9.17) is 4.42 Å². The molecule has 0 saturated carbocycles. The molecule has 0 aliphatic rings. The summed E-state index contributed by atoms with van der Waals surface area (Å²) < 4.78 is 8.03. The van der Waals surface area contributed by atoms with Gasteiger partial charge in [0.15, 0.2) is 5.43 Å². The van der Waals surface area contributed by atoms with Crippen LogP contribution in [0.4, 0.5) is 0 Å². The molecule has 5 rings (SSSR count). The predicted octanol–water partition coefficient (Wildman–Crippen LogP) is 6.29. The van der Waals surface area contributed by atoms with E-state index >= 15 is 0 Å². The van der Waals surface area contributed by atoms with Crippen molar-refractivity contribution in [3.05, 3.63) is 84.1 Å². The standard InChI is InChI=1S/C22H14O3S.CH3.Y/c1-12-11-18(24)15-7-4-6-13(21(15)25-12)14-9-10-17(23)20-16-5-2-3-8-19(16)26-22(14)20;;/h2-11,23H,1H3;1H3;/q;-1;. The van der Waals surface area contributed by atoms with Gasteiger partial charge in [0.25, 0.3) is 0 Å². The number of phenols is 1. The molecule has 0 bridgehead atoms. The zero-order valence-corrected chi connectivity index (χ0v) is 19.2. The summed E-state index contributed by atoms with van der Waals surface area (Å²) in [6, 6.07) is 18.8. The Morgan fingerprint density at radius 1 is 0.929 bits per heavy atom. The van der Waals surface area contributed by atoms with Gasteiger partial charge in [0.2, 0.25) is 0 Å². The van der Waals surface area contributed by atoms with Crippen LogP contribution in [0, 0.1) is 14.4 Å². The molecule has 3 nitrogen and oxygen atoms in total. The summed E-state index contributed by atoms with van der Waals surface area (Å²) in [5.74, 6) is 0.848. The zero-order chi connectivity index (χ0) is 17.8. The first-order valence-electron chi connectivity index (χ1n) is 8.30. The van der Waals surface area contributed by atoms with Crippen molar-refractivity contribution in [2.24, 2.45) is 0 Å². The number of aryl methyl sites for hydroxylation is 1. The molecule has 1 radical (unpaired) electrons. The van der Waals surface area contributed by atoms with Crippen LogP contribution in [0.1, 0.15) is 5.76 Å². The molecule has 0 amide bonds. The van der Waals surface area contributed by atoms with Crippen molar-refractivity contribution in [3.8, 4) is 16.9 Å². The quantitative estimate of drug-likeness (QED) is 0.298. The van der Waals surface area contributed by atoms with Crippen LogP contribution in [-0.4, -0.2) is 5.11 Å². The van der Waals surface area contributed by atoms with Gasteiger partial charge < -0.3 is 17.0 Å². The van der Waals surface area contributed by atoms with Gasteiger partial charge in [-0.05, 0) is 31.2 Å². The number of benzene rings is 3. The second kappa shape index (κ2) is 7.78. The van der Waals surface area contributed by atoms with Gasteiger partial charge in [-0.3, -0.25) is 4.79 Å². The van der Waals surface area contributed by atoms with Crippen molar-refractivity contribution in [2.45, 2.75) is 6.92 Å². The predicted molar refractivity (Wildman–Crippen MR) is 114 cm³/mol. The van der Waals surface area contributed by atoms with Crippen LogP contribution >= 0.6 is 11.3 Å². The van der Waals surface area contributed by atoms with Crippen molar-refractivity contribution < 1.29 is 42.2 Å². The van der Waals surface area contributed by atoms with Gasteiger partial charge in [0.05, 0.1) is 5.39 Å². The zero-order valence-electron chi connectivity index (χ0n) is 15.5. The maximum atomic E-state index is 12.3. The van der Waals surface area contributed by atoms with Gasteiger partial charge in [0, 0.05) is 70.1 Å². The van der Waals surface area contributed by atoms with Crippen molar-refractivity contribution in [2.75, 3.05) is 0 Å². The van der Waals surface area contributed by atoms with E-state index in [0.717, 1.165) is 31.3 Å². The second-order valence-electron chi connectivity index (χ2n) is 6.34. The minimum Gasteiger partial charge on any atom is -0.507 e.